The molecule has 0 radical (unpaired) electrons. The van der Waals surface area contributed by atoms with Crippen LogP contribution in [0.5, 0.6) is 0 Å². The Morgan fingerprint density at radius 1 is 1.35 bits per heavy atom. The minimum absolute atomic E-state index is 0.0486. The zero-order valence-electron chi connectivity index (χ0n) is 14.3. The predicted molar refractivity (Wildman–Crippen MR) is 91.8 cm³/mol. The second-order valence-corrected chi connectivity index (χ2v) is 8.33. The maximum Gasteiger partial charge on any atom is 0.178 e. The van der Waals surface area contributed by atoms with Crippen molar-refractivity contribution < 1.29 is 9.90 Å². The quantitative estimate of drug-likeness (QED) is 0.736. The van der Waals surface area contributed by atoms with Crippen molar-refractivity contribution in [2.75, 3.05) is 0 Å². The normalized spacial score (nSPS) is 48.3. The third-order valence-corrected chi connectivity index (χ3v) is 7.71. The molecule has 0 aromatic heterocycles. The van der Waals surface area contributed by atoms with Crippen LogP contribution in [0, 0.1) is 28.6 Å². The number of hydrogen-bond acceptors (Lipinski definition) is 2. The Hall–Kier alpha value is -1.15. The molecular formula is C21H28O2. The molecule has 0 amide bonds. The van der Waals surface area contributed by atoms with Gasteiger partial charge in [0.2, 0.25) is 0 Å². The molecule has 0 aromatic rings. The van der Waals surface area contributed by atoms with E-state index in [9.17, 15) is 9.90 Å². The van der Waals surface area contributed by atoms with Gasteiger partial charge in [-0.1, -0.05) is 37.6 Å². The van der Waals surface area contributed by atoms with Gasteiger partial charge in [0, 0.05) is 10.8 Å². The standard InChI is InChI=1S/C21H28O2/c1-3-21-12-10-17-16(18(21)5-4-6-19(21)23)8-7-14-13-15(22)9-11-20(14,17)2/h4-5,9,11,13,16-19,23H,3,6-8,10,12H2,1-2H3/t16-,17+,18+,19+,20+,21+/m1/s1. The van der Waals surface area contributed by atoms with Gasteiger partial charge in [-0.3, -0.25) is 4.79 Å². The zero-order chi connectivity index (χ0) is 16.2. The summed E-state index contributed by atoms with van der Waals surface area (Å²) in [7, 11) is 0. The number of carbonyl (C=O) groups is 1. The summed E-state index contributed by atoms with van der Waals surface area (Å²) in [5.41, 5.74) is 1.48. The second kappa shape index (κ2) is 5.17. The lowest BCUT2D eigenvalue weighted by Crippen LogP contribution is -2.54. The van der Waals surface area contributed by atoms with E-state index in [1.807, 2.05) is 6.08 Å². The van der Waals surface area contributed by atoms with E-state index in [0.29, 0.717) is 17.8 Å². The van der Waals surface area contributed by atoms with Crippen LogP contribution in [0.4, 0.5) is 0 Å². The highest BCUT2D eigenvalue weighted by Gasteiger charge is 2.57. The number of rotatable bonds is 1. The van der Waals surface area contributed by atoms with Gasteiger partial charge < -0.3 is 5.11 Å². The molecular weight excluding hydrogens is 284 g/mol. The van der Waals surface area contributed by atoms with E-state index in [1.165, 1.54) is 12.0 Å². The first-order valence-electron chi connectivity index (χ1n) is 9.30. The Kier molecular flexibility index (Phi) is 3.46. The Bertz CT molecular complexity index is 613. The Morgan fingerprint density at radius 3 is 2.96 bits per heavy atom. The largest absolute Gasteiger partial charge is 0.392 e. The Labute approximate surface area is 139 Å². The van der Waals surface area contributed by atoms with Gasteiger partial charge in [-0.15, -0.1) is 0 Å². The fourth-order valence-electron chi connectivity index (χ4n) is 6.33. The van der Waals surface area contributed by atoms with E-state index in [2.05, 4.69) is 32.1 Å². The van der Waals surface area contributed by atoms with Crippen LogP contribution in [0.1, 0.15) is 52.4 Å². The van der Waals surface area contributed by atoms with Gasteiger partial charge in [-0.25, -0.2) is 0 Å². The molecule has 0 unspecified atom stereocenters. The lowest BCUT2D eigenvalue weighted by Gasteiger charge is -2.60. The van der Waals surface area contributed by atoms with Crippen molar-refractivity contribution in [2.45, 2.75) is 58.5 Å². The molecule has 124 valence electrons. The highest BCUT2D eigenvalue weighted by atomic mass is 16.3. The zero-order valence-corrected chi connectivity index (χ0v) is 14.3. The lowest BCUT2D eigenvalue weighted by atomic mass is 9.45. The second-order valence-electron chi connectivity index (χ2n) is 8.33. The van der Waals surface area contributed by atoms with Gasteiger partial charge in [0.15, 0.2) is 5.78 Å². The fourth-order valence-corrected chi connectivity index (χ4v) is 6.33. The van der Waals surface area contributed by atoms with Crippen molar-refractivity contribution in [3.63, 3.8) is 0 Å². The van der Waals surface area contributed by atoms with Gasteiger partial charge in [-0.05, 0) is 68.4 Å². The van der Waals surface area contributed by atoms with Crippen LogP contribution in [0.25, 0.3) is 0 Å². The maximum absolute atomic E-state index is 11.8. The number of aliphatic hydroxyl groups is 1. The van der Waals surface area contributed by atoms with Crippen molar-refractivity contribution in [3.05, 3.63) is 36.0 Å². The number of fused-ring (bicyclic) bond motifs is 5. The van der Waals surface area contributed by atoms with Crippen LogP contribution >= 0.6 is 0 Å². The summed E-state index contributed by atoms with van der Waals surface area (Å²) in [5, 5.41) is 10.8. The summed E-state index contributed by atoms with van der Waals surface area (Å²) in [6, 6.07) is 0. The summed E-state index contributed by atoms with van der Waals surface area (Å²) >= 11 is 0. The van der Waals surface area contributed by atoms with Crippen molar-refractivity contribution in [1.29, 1.82) is 0 Å². The molecule has 2 nitrogen and oxygen atoms in total. The molecule has 2 heteroatoms. The van der Waals surface area contributed by atoms with Crippen LogP contribution in [-0.4, -0.2) is 17.0 Å². The first kappa shape index (κ1) is 15.4. The molecule has 4 rings (SSSR count). The summed E-state index contributed by atoms with van der Waals surface area (Å²) < 4.78 is 0. The smallest absolute Gasteiger partial charge is 0.178 e. The molecule has 6 atom stereocenters. The van der Waals surface area contributed by atoms with E-state index in [0.717, 1.165) is 32.1 Å². The average Bonchev–Trinajstić information content (AvgIpc) is 2.55. The van der Waals surface area contributed by atoms with Crippen LogP contribution in [0.3, 0.4) is 0 Å². The van der Waals surface area contributed by atoms with Crippen molar-refractivity contribution in [3.8, 4) is 0 Å². The molecule has 0 heterocycles. The lowest BCUT2D eigenvalue weighted by molar-refractivity contribution is -0.111. The van der Waals surface area contributed by atoms with E-state index < -0.39 is 0 Å². The minimum atomic E-state index is -0.184. The molecule has 4 aliphatic rings. The van der Waals surface area contributed by atoms with E-state index in [-0.39, 0.29) is 22.7 Å². The van der Waals surface area contributed by atoms with Gasteiger partial charge in [0.25, 0.3) is 0 Å². The minimum Gasteiger partial charge on any atom is -0.392 e. The van der Waals surface area contributed by atoms with Crippen molar-refractivity contribution in [1.82, 2.24) is 0 Å². The first-order chi connectivity index (χ1) is 11.0. The molecule has 0 saturated heterocycles. The first-order valence-corrected chi connectivity index (χ1v) is 9.30. The van der Waals surface area contributed by atoms with E-state index in [1.54, 1.807) is 6.08 Å². The highest BCUT2D eigenvalue weighted by molar-refractivity contribution is 6.01. The van der Waals surface area contributed by atoms with E-state index >= 15 is 0 Å². The molecule has 1 N–H and O–H groups in total. The number of aliphatic hydroxyl groups excluding tert-OH is 1. The van der Waals surface area contributed by atoms with Gasteiger partial charge >= 0.3 is 0 Å². The molecule has 4 aliphatic carbocycles. The van der Waals surface area contributed by atoms with Crippen molar-refractivity contribution in [2.24, 2.45) is 28.6 Å². The molecule has 2 fully saturated rings. The molecule has 23 heavy (non-hydrogen) atoms. The molecule has 2 saturated carbocycles. The fraction of sp³-hybridized carbons (Fsp3) is 0.667. The topological polar surface area (TPSA) is 37.3 Å². The summed E-state index contributed by atoms with van der Waals surface area (Å²) in [5.74, 6) is 1.89. The van der Waals surface area contributed by atoms with Crippen LogP contribution in [0.15, 0.2) is 36.0 Å². The third kappa shape index (κ3) is 2.00. The summed E-state index contributed by atoms with van der Waals surface area (Å²) in [4.78, 5) is 11.8. The van der Waals surface area contributed by atoms with Crippen LogP contribution in [0.2, 0.25) is 0 Å². The number of ketones is 1. The highest BCUT2D eigenvalue weighted by Crippen LogP contribution is 2.63. The van der Waals surface area contributed by atoms with E-state index in [4.69, 9.17) is 0 Å². The molecule has 0 aromatic carbocycles. The monoisotopic (exact) mass is 312 g/mol. The summed E-state index contributed by atoms with van der Waals surface area (Å²) in [6.07, 6.45) is 16.7. The average molecular weight is 312 g/mol. The third-order valence-electron chi connectivity index (χ3n) is 7.71. The van der Waals surface area contributed by atoms with Crippen LogP contribution in [-0.2, 0) is 4.79 Å². The van der Waals surface area contributed by atoms with Crippen LogP contribution < -0.4 is 0 Å². The molecule has 0 aliphatic heterocycles. The number of allylic oxidation sites excluding steroid dienone is 5. The predicted octanol–water partition coefficient (Wildman–Crippen LogP) is 4.21. The van der Waals surface area contributed by atoms with Gasteiger partial charge in [0.05, 0.1) is 6.10 Å². The van der Waals surface area contributed by atoms with Crippen molar-refractivity contribution >= 4 is 5.78 Å². The molecule has 0 spiro atoms. The number of carbonyl (C=O) groups excluding carboxylic acids is 1. The van der Waals surface area contributed by atoms with Gasteiger partial charge in [0.1, 0.15) is 0 Å². The maximum atomic E-state index is 11.8. The molecule has 0 bridgehead atoms. The summed E-state index contributed by atoms with van der Waals surface area (Å²) in [6.45, 7) is 4.59. The SMILES string of the molecule is CC[C@]12CC[C@H]3[C@@H](CCC4=CC(=O)C=C[C@@]43C)[C@@H]1C=CC[C@@H]2O. The Balaban J connectivity index is 1.73. The number of hydrogen-bond donors (Lipinski definition) is 1. The van der Waals surface area contributed by atoms with Gasteiger partial charge in [-0.2, -0.15) is 0 Å². The Morgan fingerprint density at radius 2 is 2.17 bits per heavy atom.